The maximum atomic E-state index is 12.1. The standard InChI is InChI=1S/C11H10ClF3O2/c12-9-3-1-7(2-4-9)5-8(10(16)17)6-11(13,14)15/h1-4,8H,5-6H2,(H,16,17). The molecule has 6 heteroatoms. The van der Waals surface area contributed by atoms with Crippen LogP contribution in [0, 0.1) is 5.92 Å². The van der Waals surface area contributed by atoms with Crippen molar-refractivity contribution in [2.24, 2.45) is 5.92 Å². The summed E-state index contributed by atoms with van der Waals surface area (Å²) in [6, 6.07) is 6.08. The van der Waals surface area contributed by atoms with Crippen molar-refractivity contribution in [2.75, 3.05) is 0 Å². The molecule has 0 amide bonds. The quantitative estimate of drug-likeness (QED) is 0.905. The van der Waals surface area contributed by atoms with Gasteiger partial charge in [0, 0.05) is 5.02 Å². The van der Waals surface area contributed by atoms with E-state index in [-0.39, 0.29) is 6.42 Å². The third-order valence-corrected chi connectivity index (χ3v) is 2.47. The minimum atomic E-state index is -4.48. The Morgan fingerprint density at radius 3 is 2.24 bits per heavy atom. The van der Waals surface area contributed by atoms with Gasteiger partial charge in [-0.3, -0.25) is 4.79 Å². The van der Waals surface area contributed by atoms with Crippen LogP contribution in [0.4, 0.5) is 13.2 Å². The molecule has 17 heavy (non-hydrogen) atoms. The second-order valence-corrected chi connectivity index (χ2v) is 4.12. The zero-order chi connectivity index (χ0) is 13.1. The molecule has 94 valence electrons. The second-order valence-electron chi connectivity index (χ2n) is 3.69. The van der Waals surface area contributed by atoms with Gasteiger partial charge in [-0.25, -0.2) is 0 Å². The van der Waals surface area contributed by atoms with Gasteiger partial charge >= 0.3 is 12.1 Å². The molecule has 2 nitrogen and oxygen atoms in total. The topological polar surface area (TPSA) is 37.3 Å². The molecule has 0 aromatic heterocycles. The first kappa shape index (κ1) is 13.8. The first-order chi connectivity index (χ1) is 7.78. The molecule has 0 aliphatic heterocycles. The van der Waals surface area contributed by atoms with Gasteiger partial charge in [0.25, 0.3) is 0 Å². The summed E-state index contributed by atoms with van der Waals surface area (Å²) in [5.41, 5.74) is 0.519. The molecule has 1 rings (SSSR count). The summed E-state index contributed by atoms with van der Waals surface area (Å²) in [7, 11) is 0. The fourth-order valence-electron chi connectivity index (χ4n) is 1.43. The van der Waals surface area contributed by atoms with Gasteiger partial charge in [0.05, 0.1) is 12.3 Å². The first-order valence-electron chi connectivity index (χ1n) is 4.82. The molecule has 0 saturated heterocycles. The normalized spacial score (nSPS) is 13.4. The highest BCUT2D eigenvalue weighted by Gasteiger charge is 2.35. The smallest absolute Gasteiger partial charge is 0.389 e. The van der Waals surface area contributed by atoms with Crippen LogP contribution in [-0.2, 0) is 11.2 Å². The predicted octanol–water partition coefficient (Wildman–Crippen LogP) is 3.54. The highest BCUT2D eigenvalue weighted by atomic mass is 35.5. The van der Waals surface area contributed by atoms with E-state index >= 15 is 0 Å². The number of carbonyl (C=O) groups is 1. The molecule has 0 aliphatic carbocycles. The fourth-order valence-corrected chi connectivity index (χ4v) is 1.56. The highest BCUT2D eigenvalue weighted by Crippen LogP contribution is 2.27. The minimum absolute atomic E-state index is 0.161. The SMILES string of the molecule is O=C(O)C(Cc1ccc(Cl)cc1)CC(F)(F)F. The average Bonchev–Trinajstić information content (AvgIpc) is 2.18. The lowest BCUT2D eigenvalue weighted by Gasteiger charge is -2.14. The van der Waals surface area contributed by atoms with Gasteiger partial charge in [0.1, 0.15) is 0 Å². The van der Waals surface area contributed by atoms with Crippen molar-refractivity contribution in [1.29, 1.82) is 0 Å². The molecule has 0 fully saturated rings. The number of alkyl halides is 3. The third kappa shape index (κ3) is 5.08. The van der Waals surface area contributed by atoms with E-state index in [1.54, 1.807) is 0 Å². The number of carboxylic acid groups (broad SMARTS) is 1. The fraction of sp³-hybridized carbons (Fsp3) is 0.364. The molecule has 1 aromatic rings. The lowest BCUT2D eigenvalue weighted by Crippen LogP contribution is -2.24. The summed E-state index contributed by atoms with van der Waals surface area (Å²) in [6.45, 7) is 0. The van der Waals surface area contributed by atoms with Crippen LogP contribution in [0.25, 0.3) is 0 Å². The molecule has 0 bridgehead atoms. The zero-order valence-electron chi connectivity index (χ0n) is 8.67. The Kier molecular flexibility index (Phi) is 4.40. The summed E-state index contributed by atoms with van der Waals surface area (Å²) in [5.74, 6) is -2.91. The number of aliphatic carboxylic acids is 1. The van der Waals surface area contributed by atoms with Crippen LogP contribution >= 0.6 is 11.6 Å². The molecule has 0 saturated carbocycles. The van der Waals surface area contributed by atoms with E-state index in [4.69, 9.17) is 16.7 Å². The molecule has 0 aliphatic rings. The van der Waals surface area contributed by atoms with Gasteiger partial charge in [-0.1, -0.05) is 23.7 Å². The van der Waals surface area contributed by atoms with Gasteiger partial charge < -0.3 is 5.11 Å². The molecular formula is C11H10ClF3O2. The summed E-state index contributed by atoms with van der Waals surface area (Å²) in [6.07, 6.45) is -5.97. The lowest BCUT2D eigenvalue weighted by atomic mass is 9.96. The van der Waals surface area contributed by atoms with Crippen molar-refractivity contribution in [3.63, 3.8) is 0 Å². The van der Waals surface area contributed by atoms with Crippen molar-refractivity contribution in [1.82, 2.24) is 0 Å². The van der Waals surface area contributed by atoms with Gasteiger partial charge in [-0.15, -0.1) is 0 Å². The van der Waals surface area contributed by atoms with Gasteiger partial charge in [0.15, 0.2) is 0 Å². The Labute approximate surface area is 101 Å². The largest absolute Gasteiger partial charge is 0.481 e. The van der Waals surface area contributed by atoms with E-state index < -0.39 is 24.5 Å². The van der Waals surface area contributed by atoms with E-state index in [0.29, 0.717) is 10.6 Å². The van der Waals surface area contributed by atoms with Crippen LogP contribution in [0.2, 0.25) is 5.02 Å². The van der Waals surface area contributed by atoms with Gasteiger partial charge in [-0.05, 0) is 24.1 Å². The van der Waals surface area contributed by atoms with E-state index in [1.165, 1.54) is 24.3 Å². The number of halogens is 4. The summed E-state index contributed by atoms with van der Waals surface area (Å²) < 4.78 is 36.4. The Morgan fingerprint density at radius 2 is 1.82 bits per heavy atom. The number of hydrogen-bond donors (Lipinski definition) is 1. The van der Waals surface area contributed by atoms with Crippen LogP contribution < -0.4 is 0 Å². The zero-order valence-corrected chi connectivity index (χ0v) is 9.42. The molecule has 0 radical (unpaired) electrons. The summed E-state index contributed by atoms with van der Waals surface area (Å²) >= 11 is 5.62. The molecule has 0 spiro atoms. The monoisotopic (exact) mass is 266 g/mol. The number of carboxylic acids is 1. The van der Waals surface area contributed by atoms with E-state index in [1.807, 2.05) is 0 Å². The van der Waals surface area contributed by atoms with Crippen molar-refractivity contribution in [2.45, 2.75) is 19.0 Å². The first-order valence-corrected chi connectivity index (χ1v) is 5.20. The predicted molar refractivity (Wildman–Crippen MR) is 57.0 cm³/mol. The Morgan fingerprint density at radius 1 is 1.29 bits per heavy atom. The summed E-state index contributed by atoms with van der Waals surface area (Å²) in [4.78, 5) is 10.7. The third-order valence-electron chi connectivity index (χ3n) is 2.22. The minimum Gasteiger partial charge on any atom is -0.481 e. The average molecular weight is 267 g/mol. The van der Waals surface area contributed by atoms with E-state index in [2.05, 4.69) is 0 Å². The Hall–Kier alpha value is -1.23. The maximum absolute atomic E-state index is 12.1. The second kappa shape index (κ2) is 5.40. The molecule has 1 N–H and O–H groups in total. The maximum Gasteiger partial charge on any atom is 0.389 e. The summed E-state index contributed by atoms with van der Waals surface area (Å²) in [5, 5.41) is 9.18. The number of benzene rings is 1. The van der Waals surface area contributed by atoms with Gasteiger partial charge in [-0.2, -0.15) is 13.2 Å². The Bertz CT molecular complexity index is 387. The van der Waals surface area contributed by atoms with Crippen LogP contribution in [0.15, 0.2) is 24.3 Å². The van der Waals surface area contributed by atoms with Crippen LogP contribution in [0.5, 0.6) is 0 Å². The molecule has 1 aromatic carbocycles. The van der Waals surface area contributed by atoms with E-state index in [9.17, 15) is 18.0 Å². The van der Waals surface area contributed by atoms with Crippen LogP contribution in [-0.4, -0.2) is 17.3 Å². The van der Waals surface area contributed by atoms with Gasteiger partial charge in [0.2, 0.25) is 0 Å². The number of hydrogen-bond acceptors (Lipinski definition) is 1. The molecule has 1 atom stereocenters. The van der Waals surface area contributed by atoms with Crippen molar-refractivity contribution < 1.29 is 23.1 Å². The lowest BCUT2D eigenvalue weighted by molar-refractivity contribution is -0.163. The highest BCUT2D eigenvalue weighted by molar-refractivity contribution is 6.30. The number of rotatable bonds is 4. The van der Waals surface area contributed by atoms with Crippen molar-refractivity contribution >= 4 is 17.6 Å². The molecular weight excluding hydrogens is 257 g/mol. The van der Waals surface area contributed by atoms with Crippen LogP contribution in [0.1, 0.15) is 12.0 Å². The van der Waals surface area contributed by atoms with Crippen molar-refractivity contribution in [3.8, 4) is 0 Å². The van der Waals surface area contributed by atoms with Crippen molar-refractivity contribution in [3.05, 3.63) is 34.9 Å². The Balaban J connectivity index is 2.73. The molecule has 1 unspecified atom stereocenters. The van der Waals surface area contributed by atoms with E-state index in [0.717, 1.165) is 0 Å². The van der Waals surface area contributed by atoms with Crippen LogP contribution in [0.3, 0.4) is 0 Å². The molecule has 0 heterocycles.